The average molecular weight is 380 g/mol. The number of amides is 2. The minimum absolute atomic E-state index is 0.127. The van der Waals surface area contributed by atoms with Gasteiger partial charge < -0.3 is 10.4 Å². The van der Waals surface area contributed by atoms with Gasteiger partial charge in [0.05, 0.1) is 21.8 Å². The fourth-order valence-electron chi connectivity index (χ4n) is 1.69. The van der Waals surface area contributed by atoms with Crippen LogP contribution in [-0.2, 0) is 9.59 Å². The summed E-state index contributed by atoms with van der Waals surface area (Å²) in [7, 11) is 0. The van der Waals surface area contributed by atoms with Crippen LogP contribution < -0.4 is 10.7 Å². The maximum atomic E-state index is 11.7. The molecule has 128 valence electrons. The van der Waals surface area contributed by atoms with Crippen LogP contribution >= 0.6 is 23.2 Å². The van der Waals surface area contributed by atoms with E-state index in [4.69, 9.17) is 28.3 Å². The van der Waals surface area contributed by atoms with Crippen molar-refractivity contribution in [3.63, 3.8) is 0 Å². The molecule has 7 nitrogen and oxygen atoms in total. The normalized spacial score (nSPS) is 10.5. The lowest BCUT2D eigenvalue weighted by Crippen LogP contribution is -2.32. The molecule has 2 rings (SSSR count). The third kappa shape index (κ3) is 5.30. The summed E-state index contributed by atoms with van der Waals surface area (Å²) < 4.78 is 0. The molecule has 0 bridgehead atoms. The van der Waals surface area contributed by atoms with Gasteiger partial charge in [-0.3, -0.25) is 9.59 Å². The highest BCUT2D eigenvalue weighted by molar-refractivity contribution is 6.42. The number of carbonyl (C=O) groups excluding carboxylic acids is 2. The van der Waals surface area contributed by atoms with E-state index in [2.05, 4.69) is 15.8 Å². The van der Waals surface area contributed by atoms with Crippen molar-refractivity contribution in [1.82, 2.24) is 5.43 Å². The molecule has 0 aliphatic rings. The molecular weight excluding hydrogens is 369 g/mol. The highest BCUT2D eigenvalue weighted by Gasteiger charge is 2.13. The first-order chi connectivity index (χ1) is 11.9. The van der Waals surface area contributed by atoms with Gasteiger partial charge in [0.25, 0.3) is 0 Å². The van der Waals surface area contributed by atoms with E-state index in [0.29, 0.717) is 16.3 Å². The fraction of sp³-hybridized carbons (Fsp3) is 0. The second kappa shape index (κ2) is 8.27. The van der Waals surface area contributed by atoms with E-state index in [0.717, 1.165) is 0 Å². The number of aromatic carboxylic acids is 1. The van der Waals surface area contributed by atoms with Crippen molar-refractivity contribution in [2.75, 3.05) is 5.32 Å². The lowest BCUT2D eigenvalue weighted by molar-refractivity contribution is -0.136. The number of benzene rings is 2. The molecule has 25 heavy (non-hydrogen) atoms. The van der Waals surface area contributed by atoms with Crippen molar-refractivity contribution >= 4 is 52.9 Å². The molecule has 3 N–H and O–H groups in total. The summed E-state index contributed by atoms with van der Waals surface area (Å²) in [5.41, 5.74) is 3.04. The molecule has 9 heteroatoms. The van der Waals surface area contributed by atoms with E-state index in [1.165, 1.54) is 48.7 Å². The molecule has 0 saturated carbocycles. The first kappa shape index (κ1) is 18.4. The van der Waals surface area contributed by atoms with Crippen LogP contribution in [0, 0.1) is 0 Å². The van der Waals surface area contributed by atoms with Crippen molar-refractivity contribution in [1.29, 1.82) is 0 Å². The fourth-order valence-corrected chi connectivity index (χ4v) is 1.99. The summed E-state index contributed by atoms with van der Waals surface area (Å²) in [5.74, 6) is -2.96. The van der Waals surface area contributed by atoms with Crippen molar-refractivity contribution in [3.8, 4) is 0 Å². The van der Waals surface area contributed by atoms with Gasteiger partial charge in [-0.2, -0.15) is 5.10 Å². The third-order valence-corrected chi connectivity index (χ3v) is 3.66. The van der Waals surface area contributed by atoms with E-state index in [-0.39, 0.29) is 10.6 Å². The predicted octanol–water partition coefficient (Wildman–Crippen LogP) is 2.78. The Morgan fingerprint density at radius 2 is 1.64 bits per heavy atom. The molecular formula is C16H11Cl2N3O4. The molecule has 2 amide bonds. The van der Waals surface area contributed by atoms with Gasteiger partial charge in [-0.25, -0.2) is 10.2 Å². The van der Waals surface area contributed by atoms with Crippen LogP contribution in [0.15, 0.2) is 47.6 Å². The number of carboxylic acids is 1. The molecule has 0 radical (unpaired) electrons. The van der Waals surface area contributed by atoms with E-state index >= 15 is 0 Å². The van der Waals surface area contributed by atoms with Gasteiger partial charge in [0.15, 0.2) is 0 Å². The molecule has 0 saturated heterocycles. The summed E-state index contributed by atoms with van der Waals surface area (Å²) in [4.78, 5) is 34.1. The van der Waals surface area contributed by atoms with Crippen LogP contribution in [0.5, 0.6) is 0 Å². The quantitative estimate of drug-likeness (QED) is 0.431. The number of anilines is 1. The highest BCUT2D eigenvalue weighted by Crippen LogP contribution is 2.24. The van der Waals surface area contributed by atoms with Crippen LogP contribution in [0.3, 0.4) is 0 Å². The van der Waals surface area contributed by atoms with Gasteiger partial charge >= 0.3 is 17.8 Å². The van der Waals surface area contributed by atoms with E-state index in [1.54, 1.807) is 0 Å². The number of carboxylic acid groups (broad SMARTS) is 1. The molecule has 0 aliphatic carbocycles. The summed E-state index contributed by atoms with van der Waals surface area (Å²) in [6, 6.07) is 10.2. The Kier molecular flexibility index (Phi) is 6.10. The molecule has 0 unspecified atom stereocenters. The van der Waals surface area contributed by atoms with Crippen LogP contribution in [0.1, 0.15) is 15.9 Å². The smallest absolute Gasteiger partial charge is 0.335 e. The molecule has 0 heterocycles. The van der Waals surface area contributed by atoms with Gasteiger partial charge in [-0.05, 0) is 35.9 Å². The Balaban J connectivity index is 1.91. The van der Waals surface area contributed by atoms with E-state index < -0.39 is 17.8 Å². The van der Waals surface area contributed by atoms with Gasteiger partial charge in [-0.1, -0.05) is 35.3 Å². The zero-order valence-corrected chi connectivity index (χ0v) is 14.0. The van der Waals surface area contributed by atoms with E-state index in [1.807, 2.05) is 0 Å². The van der Waals surface area contributed by atoms with Crippen molar-refractivity contribution in [3.05, 3.63) is 63.6 Å². The number of rotatable bonds is 4. The van der Waals surface area contributed by atoms with Gasteiger partial charge in [0, 0.05) is 5.69 Å². The predicted molar refractivity (Wildman–Crippen MR) is 94.2 cm³/mol. The zero-order chi connectivity index (χ0) is 18.4. The molecule has 0 fully saturated rings. The van der Waals surface area contributed by atoms with Crippen molar-refractivity contribution in [2.24, 2.45) is 5.10 Å². The second-order valence-electron chi connectivity index (χ2n) is 4.71. The van der Waals surface area contributed by atoms with Crippen molar-refractivity contribution in [2.45, 2.75) is 0 Å². The summed E-state index contributed by atoms with van der Waals surface area (Å²) in [5, 5.41) is 15.3. The molecule has 2 aromatic rings. The van der Waals surface area contributed by atoms with Crippen LogP contribution in [0.4, 0.5) is 5.69 Å². The molecule has 0 atom stereocenters. The Morgan fingerprint density at radius 3 is 2.24 bits per heavy atom. The number of nitrogens with one attached hydrogen (secondary N) is 2. The van der Waals surface area contributed by atoms with Crippen LogP contribution in [-0.4, -0.2) is 29.1 Å². The number of carbonyl (C=O) groups is 3. The molecule has 0 aromatic heterocycles. The van der Waals surface area contributed by atoms with Crippen molar-refractivity contribution < 1.29 is 19.5 Å². The Morgan fingerprint density at radius 1 is 0.960 bits per heavy atom. The standard InChI is InChI=1S/C16H11Cl2N3O4/c17-12-6-5-11(7-13(12)18)20-14(22)15(23)21-19-8-9-1-3-10(4-2-9)16(24)25/h1-8H,(H,20,22)(H,21,23)(H,24,25)/b19-8-. The Bertz CT molecular complexity index is 851. The zero-order valence-electron chi connectivity index (χ0n) is 12.5. The maximum Gasteiger partial charge on any atom is 0.335 e. The molecule has 0 spiro atoms. The number of hydrogen-bond donors (Lipinski definition) is 3. The largest absolute Gasteiger partial charge is 0.478 e. The van der Waals surface area contributed by atoms with Gasteiger partial charge in [0.1, 0.15) is 0 Å². The first-order valence-corrected chi connectivity index (χ1v) is 7.55. The molecule has 0 aliphatic heterocycles. The van der Waals surface area contributed by atoms with E-state index in [9.17, 15) is 14.4 Å². The average Bonchev–Trinajstić information content (AvgIpc) is 2.58. The maximum absolute atomic E-state index is 11.7. The Hall–Kier alpha value is -2.90. The summed E-state index contributed by atoms with van der Waals surface area (Å²) in [6.45, 7) is 0. The second-order valence-corrected chi connectivity index (χ2v) is 5.52. The number of halogens is 2. The summed E-state index contributed by atoms with van der Waals surface area (Å²) in [6.07, 6.45) is 1.27. The monoisotopic (exact) mass is 379 g/mol. The topological polar surface area (TPSA) is 108 Å². The summed E-state index contributed by atoms with van der Waals surface area (Å²) >= 11 is 11.6. The SMILES string of the molecule is O=C(N/N=C\c1ccc(C(=O)O)cc1)C(=O)Nc1ccc(Cl)c(Cl)c1. The lowest BCUT2D eigenvalue weighted by atomic mass is 10.1. The van der Waals surface area contributed by atoms with Crippen LogP contribution in [0.2, 0.25) is 10.0 Å². The van der Waals surface area contributed by atoms with Crippen LogP contribution in [0.25, 0.3) is 0 Å². The minimum atomic E-state index is -1.05. The number of nitrogens with zero attached hydrogens (tertiary/aromatic N) is 1. The van der Waals surface area contributed by atoms with Gasteiger partial charge in [-0.15, -0.1) is 0 Å². The lowest BCUT2D eigenvalue weighted by Gasteiger charge is -2.05. The number of hydrazone groups is 1. The minimum Gasteiger partial charge on any atom is -0.478 e. The first-order valence-electron chi connectivity index (χ1n) is 6.79. The Labute approximate surface area is 152 Å². The number of hydrogen-bond acceptors (Lipinski definition) is 4. The van der Waals surface area contributed by atoms with Gasteiger partial charge in [0.2, 0.25) is 0 Å². The highest BCUT2D eigenvalue weighted by atomic mass is 35.5. The molecule has 2 aromatic carbocycles. The third-order valence-electron chi connectivity index (χ3n) is 2.92.